The molecule has 0 atom stereocenters. The number of thioether (sulfide) groups is 1. The van der Waals surface area contributed by atoms with Gasteiger partial charge in [-0.2, -0.15) is 0 Å². The van der Waals surface area contributed by atoms with Crippen LogP contribution >= 0.6 is 11.8 Å². The minimum absolute atomic E-state index is 0.0602. The number of hydrogen-bond acceptors (Lipinski definition) is 5. The van der Waals surface area contributed by atoms with Crippen molar-refractivity contribution in [3.63, 3.8) is 0 Å². The summed E-state index contributed by atoms with van der Waals surface area (Å²) in [5.41, 5.74) is 2.35. The predicted octanol–water partition coefficient (Wildman–Crippen LogP) is 3.05. The van der Waals surface area contributed by atoms with Crippen molar-refractivity contribution in [2.24, 2.45) is 0 Å². The van der Waals surface area contributed by atoms with Crippen LogP contribution in [0.2, 0.25) is 0 Å². The number of carbonyl (C=O) groups is 3. The van der Waals surface area contributed by atoms with Gasteiger partial charge < -0.3 is 15.0 Å². The number of fused-ring (bicyclic) bond motifs is 1. The quantitative estimate of drug-likeness (QED) is 0.559. The average molecular weight is 413 g/mol. The third-order valence-electron chi connectivity index (χ3n) is 4.43. The van der Waals surface area contributed by atoms with E-state index in [-0.39, 0.29) is 30.2 Å². The lowest BCUT2D eigenvalue weighted by Gasteiger charge is -2.17. The van der Waals surface area contributed by atoms with Crippen LogP contribution < -0.4 is 10.2 Å². The Morgan fingerprint density at radius 1 is 1.10 bits per heavy atom. The second-order valence-electron chi connectivity index (χ2n) is 7.01. The summed E-state index contributed by atoms with van der Waals surface area (Å²) >= 11 is 1.27. The second kappa shape index (κ2) is 9.60. The van der Waals surface area contributed by atoms with Gasteiger partial charge in [-0.15, -0.1) is 11.8 Å². The third-order valence-corrected chi connectivity index (χ3v) is 5.50. The fraction of sp³-hybridized carbons (Fsp3) is 0.318. The van der Waals surface area contributed by atoms with Gasteiger partial charge in [0.1, 0.15) is 0 Å². The van der Waals surface area contributed by atoms with Crippen molar-refractivity contribution in [3.05, 3.63) is 59.7 Å². The van der Waals surface area contributed by atoms with E-state index < -0.39 is 5.97 Å². The molecule has 2 aromatic carbocycles. The zero-order chi connectivity index (χ0) is 20.8. The molecule has 0 aliphatic carbocycles. The number of rotatable bonds is 7. The molecule has 1 N–H and O–H groups in total. The van der Waals surface area contributed by atoms with E-state index in [9.17, 15) is 14.4 Å². The molecule has 7 heteroatoms. The highest BCUT2D eigenvalue weighted by Gasteiger charge is 2.25. The normalized spacial score (nSPS) is 12.6. The van der Waals surface area contributed by atoms with Gasteiger partial charge in [-0.1, -0.05) is 30.3 Å². The van der Waals surface area contributed by atoms with Gasteiger partial charge in [0.2, 0.25) is 5.91 Å². The predicted molar refractivity (Wildman–Crippen MR) is 113 cm³/mol. The van der Waals surface area contributed by atoms with Crippen molar-refractivity contribution in [3.8, 4) is 0 Å². The Balaban J connectivity index is 1.58. The number of benzene rings is 2. The van der Waals surface area contributed by atoms with Crippen LogP contribution in [0.25, 0.3) is 0 Å². The van der Waals surface area contributed by atoms with Gasteiger partial charge in [0.25, 0.3) is 5.91 Å². The topological polar surface area (TPSA) is 75.7 Å². The van der Waals surface area contributed by atoms with Crippen molar-refractivity contribution >= 4 is 35.2 Å². The number of anilines is 1. The zero-order valence-electron chi connectivity index (χ0n) is 16.5. The Hall–Kier alpha value is -2.80. The monoisotopic (exact) mass is 412 g/mol. The van der Waals surface area contributed by atoms with Crippen molar-refractivity contribution in [2.45, 2.75) is 31.2 Å². The highest BCUT2D eigenvalue weighted by Crippen LogP contribution is 2.27. The summed E-state index contributed by atoms with van der Waals surface area (Å²) < 4.78 is 5.29. The summed E-state index contributed by atoms with van der Waals surface area (Å²) in [6.07, 6.45) is 0.799. The molecule has 0 bridgehead atoms. The van der Waals surface area contributed by atoms with Gasteiger partial charge in [-0.05, 0) is 44.0 Å². The SMILES string of the molecule is CC(C)NC(=O)CSc1ccccc1C(=O)OCC(=O)N1CCc2ccccc21. The number of hydrogen-bond donors (Lipinski definition) is 1. The molecule has 0 saturated heterocycles. The summed E-state index contributed by atoms with van der Waals surface area (Å²) in [7, 11) is 0. The number of nitrogens with one attached hydrogen (secondary N) is 1. The minimum Gasteiger partial charge on any atom is -0.452 e. The molecule has 6 nitrogen and oxygen atoms in total. The second-order valence-corrected chi connectivity index (χ2v) is 8.02. The van der Waals surface area contributed by atoms with Crippen molar-refractivity contribution in [2.75, 3.05) is 23.8 Å². The lowest BCUT2D eigenvalue weighted by atomic mass is 10.2. The molecule has 152 valence electrons. The Morgan fingerprint density at radius 3 is 2.62 bits per heavy atom. The van der Waals surface area contributed by atoms with E-state index >= 15 is 0 Å². The molecule has 1 aliphatic heterocycles. The lowest BCUT2D eigenvalue weighted by molar-refractivity contribution is -0.121. The molecule has 3 rings (SSSR count). The lowest BCUT2D eigenvalue weighted by Crippen LogP contribution is -2.33. The first-order valence-electron chi connectivity index (χ1n) is 9.52. The summed E-state index contributed by atoms with van der Waals surface area (Å²) in [4.78, 5) is 39.3. The first-order chi connectivity index (χ1) is 14.0. The fourth-order valence-corrected chi connectivity index (χ4v) is 4.00. The van der Waals surface area contributed by atoms with Gasteiger partial charge in [-0.3, -0.25) is 9.59 Å². The van der Waals surface area contributed by atoms with Crippen LogP contribution in [0.3, 0.4) is 0 Å². The van der Waals surface area contributed by atoms with E-state index in [1.165, 1.54) is 11.8 Å². The first kappa shape index (κ1) is 20.9. The maximum Gasteiger partial charge on any atom is 0.339 e. The molecule has 1 heterocycles. The molecular formula is C22H24N2O4S. The summed E-state index contributed by atoms with van der Waals surface area (Å²) in [6.45, 7) is 4.06. The summed E-state index contributed by atoms with van der Waals surface area (Å²) in [5.74, 6) is -0.717. The minimum atomic E-state index is -0.571. The molecule has 29 heavy (non-hydrogen) atoms. The Morgan fingerprint density at radius 2 is 1.83 bits per heavy atom. The fourth-order valence-electron chi connectivity index (χ4n) is 3.15. The highest BCUT2D eigenvalue weighted by molar-refractivity contribution is 8.00. The number of nitrogens with zero attached hydrogens (tertiary/aromatic N) is 1. The standard InChI is InChI=1S/C22H24N2O4S/c1-15(2)23-20(25)14-29-19-10-6-4-8-17(19)22(27)28-13-21(26)24-12-11-16-7-3-5-9-18(16)24/h3-10,15H,11-14H2,1-2H3,(H,23,25). The molecule has 1 aliphatic rings. The molecule has 0 aromatic heterocycles. The van der Waals surface area contributed by atoms with Crippen LogP contribution in [0.15, 0.2) is 53.4 Å². The molecule has 2 amide bonds. The van der Waals surface area contributed by atoms with Crippen LogP contribution in [0.4, 0.5) is 5.69 Å². The van der Waals surface area contributed by atoms with E-state index in [0.717, 1.165) is 17.7 Å². The molecule has 0 fully saturated rings. The average Bonchev–Trinajstić information content (AvgIpc) is 3.14. The van der Waals surface area contributed by atoms with Crippen molar-refractivity contribution in [1.29, 1.82) is 0 Å². The smallest absolute Gasteiger partial charge is 0.339 e. The molecular weight excluding hydrogens is 388 g/mol. The highest BCUT2D eigenvalue weighted by atomic mass is 32.2. The number of carbonyl (C=O) groups excluding carboxylic acids is 3. The maximum atomic E-state index is 12.5. The van der Waals surface area contributed by atoms with E-state index in [0.29, 0.717) is 17.0 Å². The Labute approximate surface area is 174 Å². The third kappa shape index (κ3) is 5.38. The number of esters is 1. The van der Waals surface area contributed by atoms with Crippen molar-refractivity contribution in [1.82, 2.24) is 5.32 Å². The molecule has 0 spiro atoms. The van der Waals surface area contributed by atoms with E-state index in [1.807, 2.05) is 38.1 Å². The van der Waals surface area contributed by atoms with Crippen LogP contribution in [0.1, 0.15) is 29.8 Å². The molecule has 0 radical (unpaired) electrons. The van der Waals surface area contributed by atoms with E-state index in [1.54, 1.807) is 29.2 Å². The van der Waals surface area contributed by atoms with Crippen LogP contribution in [-0.2, 0) is 20.7 Å². The number of para-hydroxylation sites is 1. The summed E-state index contributed by atoms with van der Waals surface area (Å²) in [5, 5.41) is 2.82. The van der Waals surface area contributed by atoms with Gasteiger partial charge in [0.05, 0.1) is 11.3 Å². The largest absolute Gasteiger partial charge is 0.452 e. The number of ether oxygens (including phenoxy) is 1. The van der Waals surface area contributed by atoms with Gasteiger partial charge >= 0.3 is 5.97 Å². The van der Waals surface area contributed by atoms with Gasteiger partial charge in [0, 0.05) is 23.2 Å². The van der Waals surface area contributed by atoms with Crippen LogP contribution in [0.5, 0.6) is 0 Å². The van der Waals surface area contributed by atoms with Crippen molar-refractivity contribution < 1.29 is 19.1 Å². The Kier molecular flexibility index (Phi) is 6.93. The first-order valence-corrected chi connectivity index (χ1v) is 10.5. The molecule has 0 unspecified atom stereocenters. The van der Waals surface area contributed by atoms with Gasteiger partial charge in [-0.25, -0.2) is 4.79 Å². The number of amides is 2. The zero-order valence-corrected chi connectivity index (χ0v) is 17.3. The van der Waals surface area contributed by atoms with Crippen LogP contribution in [-0.4, -0.2) is 42.7 Å². The van der Waals surface area contributed by atoms with E-state index in [4.69, 9.17) is 4.74 Å². The van der Waals surface area contributed by atoms with Gasteiger partial charge in [0.15, 0.2) is 6.61 Å². The molecule has 0 saturated carbocycles. The summed E-state index contributed by atoms with van der Waals surface area (Å²) in [6, 6.07) is 14.7. The van der Waals surface area contributed by atoms with E-state index in [2.05, 4.69) is 5.32 Å². The maximum absolute atomic E-state index is 12.5. The van der Waals surface area contributed by atoms with Crippen LogP contribution in [0, 0.1) is 0 Å². The molecule has 2 aromatic rings. The Bertz CT molecular complexity index is 913.